The van der Waals surface area contributed by atoms with Crippen molar-refractivity contribution < 1.29 is 4.79 Å². The summed E-state index contributed by atoms with van der Waals surface area (Å²) in [7, 11) is 0. The molecule has 0 radical (unpaired) electrons. The Morgan fingerprint density at radius 2 is 1.60 bits per heavy atom. The van der Waals surface area contributed by atoms with E-state index in [1.165, 1.54) is 0 Å². The number of benzene rings is 3. The molecule has 5 heteroatoms. The second kappa shape index (κ2) is 6.46. The Morgan fingerprint density at radius 3 is 2.40 bits per heavy atom. The number of carbonyl (C=O) groups excluding carboxylic acids is 1. The van der Waals surface area contributed by atoms with E-state index in [2.05, 4.69) is 45.6 Å². The molecule has 148 valence electrons. The number of para-hydroxylation sites is 3. The molecule has 3 aromatic carbocycles. The van der Waals surface area contributed by atoms with E-state index in [-0.39, 0.29) is 11.8 Å². The molecular formula is C25H22N4O. The maximum Gasteiger partial charge on any atom is 0.231 e. The number of hydrazone groups is 1. The van der Waals surface area contributed by atoms with Gasteiger partial charge in [-0.3, -0.25) is 9.69 Å². The van der Waals surface area contributed by atoms with Crippen molar-refractivity contribution in [2.75, 3.05) is 15.2 Å². The fourth-order valence-electron chi connectivity index (χ4n) is 5.28. The minimum atomic E-state index is -0.552. The molecule has 1 fully saturated rings. The highest BCUT2D eigenvalue weighted by Crippen LogP contribution is 2.53. The first-order valence-corrected chi connectivity index (χ1v) is 10.5. The molecule has 3 aliphatic rings. The molecule has 30 heavy (non-hydrogen) atoms. The fourth-order valence-corrected chi connectivity index (χ4v) is 5.28. The summed E-state index contributed by atoms with van der Waals surface area (Å²) in [6.45, 7) is 0. The first-order chi connectivity index (χ1) is 14.8. The molecule has 0 unspecified atom stereocenters. The highest BCUT2D eigenvalue weighted by Gasteiger charge is 2.61. The SMILES string of the molecule is O=C1Nc2ccccc2N2C(c3ccccc3)=NN(c3ccccc3)[C@]23CCC[C@H]13. The second-order valence-electron chi connectivity index (χ2n) is 8.10. The number of rotatable bonds is 2. The summed E-state index contributed by atoms with van der Waals surface area (Å²) < 4.78 is 0. The van der Waals surface area contributed by atoms with Crippen molar-refractivity contribution in [3.63, 3.8) is 0 Å². The van der Waals surface area contributed by atoms with Gasteiger partial charge < -0.3 is 5.32 Å². The average Bonchev–Trinajstić information content (AvgIpc) is 3.36. The molecule has 2 atom stereocenters. The van der Waals surface area contributed by atoms with E-state index in [1.54, 1.807) is 0 Å². The van der Waals surface area contributed by atoms with Crippen molar-refractivity contribution >= 4 is 28.8 Å². The molecule has 6 rings (SSSR count). The second-order valence-corrected chi connectivity index (χ2v) is 8.10. The van der Waals surface area contributed by atoms with Gasteiger partial charge in [-0.25, -0.2) is 5.01 Å². The number of fused-ring (bicyclic) bond motifs is 2. The third-order valence-corrected chi connectivity index (χ3v) is 6.51. The van der Waals surface area contributed by atoms with E-state index in [1.807, 2.05) is 54.6 Å². The quantitative estimate of drug-likeness (QED) is 0.678. The molecule has 1 saturated carbocycles. The van der Waals surface area contributed by atoms with Gasteiger partial charge in [0, 0.05) is 5.56 Å². The summed E-state index contributed by atoms with van der Waals surface area (Å²) in [5, 5.41) is 10.5. The first kappa shape index (κ1) is 17.3. The smallest absolute Gasteiger partial charge is 0.231 e. The number of hydrogen-bond donors (Lipinski definition) is 1. The van der Waals surface area contributed by atoms with Gasteiger partial charge >= 0.3 is 0 Å². The topological polar surface area (TPSA) is 47.9 Å². The van der Waals surface area contributed by atoms with Crippen LogP contribution in [0.5, 0.6) is 0 Å². The summed E-state index contributed by atoms with van der Waals surface area (Å²) in [4.78, 5) is 15.7. The number of hydrogen-bond acceptors (Lipinski definition) is 4. The van der Waals surface area contributed by atoms with Gasteiger partial charge in [0.15, 0.2) is 11.5 Å². The highest BCUT2D eigenvalue weighted by molar-refractivity contribution is 6.17. The zero-order valence-corrected chi connectivity index (χ0v) is 16.5. The van der Waals surface area contributed by atoms with Gasteiger partial charge in [-0.1, -0.05) is 60.7 Å². The average molecular weight is 394 g/mol. The number of anilines is 3. The van der Waals surface area contributed by atoms with Crippen molar-refractivity contribution in [2.24, 2.45) is 11.0 Å². The van der Waals surface area contributed by atoms with Gasteiger partial charge in [0.2, 0.25) is 5.91 Å². The van der Waals surface area contributed by atoms with Crippen LogP contribution in [0.3, 0.4) is 0 Å². The van der Waals surface area contributed by atoms with Crippen LogP contribution >= 0.6 is 0 Å². The number of amides is 1. The van der Waals surface area contributed by atoms with Crippen molar-refractivity contribution in [1.29, 1.82) is 0 Å². The van der Waals surface area contributed by atoms with Crippen molar-refractivity contribution in [2.45, 2.75) is 24.9 Å². The van der Waals surface area contributed by atoms with Crippen LogP contribution in [0.4, 0.5) is 17.1 Å². The van der Waals surface area contributed by atoms with Crippen molar-refractivity contribution in [3.8, 4) is 0 Å². The molecule has 5 nitrogen and oxygen atoms in total. The van der Waals surface area contributed by atoms with Gasteiger partial charge in [0.05, 0.1) is 23.0 Å². The molecule has 1 amide bonds. The zero-order valence-electron chi connectivity index (χ0n) is 16.5. The predicted octanol–water partition coefficient (Wildman–Crippen LogP) is 4.82. The van der Waals surface area contributed by atoms with Gasteiger partial charge in [0.1, 0.15) is 0 Å². The Balaban J connectivity index is 1.65. The number of amidine groups is 1. The van der Waals surface area contributed by atoms with E-state index in [9.17, 15) is 4.79 Å². The Kier molecular flexibility index (Phi) is 3.72. The first-order valence-electron chi connectivity index (χ1n) is 10.5. The summed E-state index contributed by atoms with van der Waals surface area (Å²) in [5.74, 6) is 0.776. The van der Waals surface area contributed by atoms with Crippen LogP contribution < -0.4 is 15.2 Å². The summed E-state index contributed by atoms with van der Waals surface area (Å²) in [5.41, 5.74) is 3.34. The van der Waals surface area contributed by atoms with Crippen molar-refractivity contribution in [3.05, 3.63) is 90.5 Å². The van der Waals surface area contributed by atoms with E-state index >= 15 is 0 Å². The van der Waals surface area contributed by atoms with E-state index in [0.29, 0.717) is 0 Å². The van der Waals surface area contributed by atoms with Gasteiger partial charge in [-0.15, -0.1) is 0 Å². The lowest BCUT2D eigenvalue weighted by molar-refractivity contribution is -0.121. The third kappa shape index (κ3) is 2.29. The molecular weight excluding hydrogens is 372 g/mol. The minimum Gasteiger partial charge on any atom is -0.324 e. The molecule has 0 saturated heterocycles. The largest absolute Gasteiger partial charge is 0.324 e. The molecule has 1 N–H and O–H groups in total. The molecule has 1 aliphatic carbocycles. The standard InChI is InChI=1S/C25H22N4O/c30-24-20-14-9-17-25(20)28(22-16-8-7-15-21(22)26-24)23(18-10-3-1-4-11-18)27-29(25)19-12-5-2-6-13-19/h1-8,10-13,15-16,20H,9,14,17H2,(H,26,30)/t20-,25+/m1/s1. The van der Waals surface area contributed by atoms with Gasteiger partial charge in [0.25, 0.3) is 0 Å². The molecule has 0 aromatic heterocycles. The Labute approximate surface area is 175 Å². The van der Waals surface area contributed by atoms with Gasteiger partial charge in [-0.05, 0) is 43.5 Å². The van der Waals surface area contributed by atoms with Crippen LogP contribution in [0, 0.1) is 5.92 Å². The number of nitrogens with zero attached hydrogens (tertiary/aromatic N) is 3. The van der Waals surface area contributed by atoms with E-state index < -0.39 is 5.66 Å². The van der Waals surface area contributed by atoms with Crippen LogP contribution in [-0.2, 0) is 4.79 Å². The summed E-state index contributed by atoms with van der Waals surface area (Å²) >= 11 is 0. The van der Waals surface area contributed by atoms with Crippen LogP contribution in [-0.4, -0.2) is 17.4 Å². The predicted molar refractivity (Wildman–Crippen MR) is 120 cm³/mol. The molecule has 0 bridgehead atoms. The van der Waals surface area contributed by atoms with Crippen molar-refractivity contribution in [1.82, 2.24) is 0 Å². The van der Waals surface area contributed by atoms with Crippen LogP contribution in [0.25, 0.3) is 0 Å². The maximum absolute atomic E-state index is 13.4. The lowest BCUT2D eigenvalue weighted by Gasteiger charge is -2.44. The zero-order chi connectivity index (χ0) is 20.1. The normalized spacial score (nSPS) is 24.5. The highest BCUT2D eigenvalue weighted by atomic mass is 16.2. The minimum absolute atomic E-state index is 0.0768. The van der Waals surface area contributed by atoms with Crippen LogP contribution in [0.15, 0.2) is 90.0 Å². The Hall–Kier alpha value is -3.60. The Morgan fingerprint density at radius 1 is 0.900 bits per heavy atom. The summed E-state index contributed by atoms with van der Waals surface area (Å²) in [6.07, 6.45) is 2.70. The number of carbonyl (C=O) groups is 1. The molecule has 3 aromatic rings. The van der Waals surface area contributed by atoms with Gasteiger partial charge in [-0.2, -0.15) is 5.10 Å². The van der Waals surface area contributed by atoms with E-state index in [0.717, 1.165) is 47.7 Å². The fraction of sp³-hybridized carbons (Fsp3) is 0.200. The maximum atomic E-state index is 13.4. The molecule has 2 heterocycles. The number of nitrogens with one attached hydrogen (secondary N) is 1. The van der Waals surface area contributed by atoms with Crippen LogP contribution in [0.2, 0.25) is 0 Å². The van der Waals surface area contributed by atoms with Crippen LogP contribution in [0.1, 0.15) is 24.8 Å². The lowest BCUT2D eigenvalue weighted by atomic mass is 9.92. The third-order valence-electron chi connectivity index (χ3n) is 6.51. The Bertz CT molecular complexity index is 1140. The monoisotopic (exact) mass is 394 g/mol. The molecule has 2 aliphatic heterocycles. The van der Waals surface area contributed by atoms with E-state index in [4.69, 9.17) is 5.10 Å². The lowest BCUT2D eigenvalue weighted by Crippen LogP contribution is -2.60. The molecule has 1 spiro atoms. The summed E-state index contributed by atoms with van der Waals surface area (Å²) in [6, 6.07) is 28.6.